The van der Waals surface area contributed by atoms with Gasteiger partial charge in [0.15, 0.2) is 5.56 Å². The number of rotatable bonds is 10. The molecule has 0 saturated carbocycles. The first kappa shape index (κ1) is 22.0. The lowest BCUT2D eigenvalue weighted by molar-refractivity contribution is -0.0896. The normalized spacial score (nSPS) is 23.1. The summed E-state index contributed by atoms with van der Waals surface area (Å²) in [6.07, 6.45) is -1.03. The molecular formula is C26H27ClO4. The van der Waals surface area contributed by atoms with E-state index >= 15 is 0 Å². The number of benzene rings is 3. The number of halogens is 1. The number of hydrogen-bond acceptors (Lipinski definition) is 4. The van der Waals surface area contributed by atoms with Gasteiger partial charge in [-0.05, 0) is 16.7 Å². The van der Waals surface area contributed by atoms with Crippen molar-refractivity contribution >= 4 is 11.6 Å². The second-order valence-electron chi connectivity index (χ2n) is 7.55. The Bertz CT molecular complexity index is 891. The molecule has 3 aromatic carbocycles. The van der Waals surface area contributed by atoms with Gasteiger partial charge in [0, 0.05) is 0 Å². The first-order valence-electron chi connectivity index (χ1n) is 10.5. The van der Waals surface area contributed by atoms with Gasteiger partial charge >= 0.3 is 0 Å². The molecule has 0 amide bonds. The summed E-state index contributed by atoms with van der Waals surface area (Å²) in [6, 6.07) is 30.1. The summed E-state index contributed by atoms with van der Waals surface area (Å²) in [7, 11) is 0. The highest BCUT2D eigenvalue weighted by molar-refractivity contribution is 6.20. The van der Waals surface area contributed by atoms with Gasteiger partial charge in [-0.15, -0.1) is 0 Å². The van der Waals surface area contributed by atoms with E-state index < -0.39 is 11.7 Å². The van der Waals surface area contributed by atoms with Gasteiger partial charge in [-0.25, -0.2) is 0 Å². The first-order chi connectivity index (χ1) is 15.3. The summed E-state index contributed by atoms with van der Waals surface area (Å²) in [5.74, 6) is 0. The molecule has 0 bridgehead atoms. The third kappa shape index (κ3) is 6.39. The van der Waals surface area contributed by atoms with Crippen molar-refractivity contribution in [2.24, 2.45) is 0 Å². The summed E-state index contributed by atoms with van der Waals surface area (Å²) in [6.45, 7) is 1.79. The maximum atomic E-state index is 6.53. The molecule has 0 spiro atoms. The van der Waals surface area contributed by atoms with Crippen LogP contribution < -0.4 is 0 Å². The molecular weight excluding hydrogens is 412 g/mol. The van der Waals surface area contributed by atoms with Crippen LogP contribution in [0.5, 0.6) is 0 Å². The van der Waals surface area contributed by atoms with Crippen molar-refractivity contribution in [3.63, 3.8) is 0 Å². The van der Waals surface area contributed by atoms with Crippen LogP contribution in [0.15, 0.2) is 91.0 Å². The van der Waals surface area contributed by atoms with Crippen LogP contribution in [0.25, 0.3) is 0 Å². The molecule has 0 aliphatic carbocycles. The van der Waals surface area contributed by atoms with Crippen LogP contribution >= 0.6 is 11.6 Å². The Labute approximate surface area is 188 Å². The van der Waals surface area contributed by atoms with Crippen LogP contribution in [0.3, 0.4) is 0 Å². The quantitative estimate of drug-likeness (QED) is 0.400. The topological polar surface area (TPSA) is 36.9 Å². The standard InChI is InChI=1S/C26H27ClO4/c27-26-25(30-18-22-14-8-3-9-15-22)24(29-17-21-12-6-2-7-13-21)23(31-26)19-28-16-20-10-4-1-5-11-20/h1-15,23-26H,16-19H2/t23-,24+,25+,26+/m1/s1. The molecule has 1 fully saturated rings. The van der Waals surface area contributed by atoms with Crippen molar-refractivity contribution in [2.75, 3.05) is 6.61 Å². The second-order valence-corrected chi connectivity index (χ2v) is 7.98. The summed E-state index contributed by atoms with van der Waals surface area (Å²) < 4.78 is 24.3. The van der Waals surface area contributed by atoms with Gasteiger partial charge in [-0.1, -0.05) is 103 Å². The van der Waals surface area contributed by atoms with E-state index in [9.17, 15) is 0 Å². The molecule has 0 N–H and O–H groups in total. The van der Waals surface area contributed by atoms with Gasteiger partial charge in [-0.2, -0.15) is 0 Å². The van der Waals surface area contributed by atoms with Crippen LogP contribution in [0.1, 0.15) is 16.7 Å². The molecule has 1 heterocycles. The van der Waals surface area contributed by atoms with Gasteiger partial charge in [0.25, 0.3) is 0 Å². The summed E-state index contributed by atoms with van der Waals surface area (Å²) >= 11 is 6.53. The van der Waals surface area contributed by atoms with E-state index in [1.54, 1.807) is 0 Å². The second kappa shape index (κ2) is 11.4. The third-order valence-corrected chi connectivity index (χ3v) is 5.57. The zero-order valence-electron chi connectivity index (χ0n) is 17.3. The average Bonchev–Trinajstić information content (AvgIpc) is 3.12. The zero-order chi connectivity index (χ0) is 21.3. The highest BCUT2D eigenvalue weighted by Crippen LogP contribution is 2.31. The number of ether oxygens (including phenoxy) is 4. The molecule has 0 unspecified atom stereocenters. The maximum absolute atomic E-state index is 6.53. The largest absolute Gasteiger partial charge is 0.374 e. The molecule has 31 heavy (non-hydrogen) atoms. The summed E-state index contributed by atoms with van der Waals surface area (Å²) in [4.78, 5) is 0. The molecule has 4 nitrogen and oxygen atoms in total. The van der Waals surface area contributed by atoms with Gasteiger partial charge in [0.1, 0.15) is 18.3 Å². The summed E-state index contributed by atoms with van der Waals surface area (Å²) in [5, 5.41) is 0. The van der Waals surface area contributed by atoms with E-state index in [4.69, 9.17) is 30.5 Å². The van der Waals surface area contributed by atoms with Crippen LogP contribution in [0.2, 0.25) is 0 Å². The maximum Gasteiger partial charge on any atom is 0.160 e. The fourth-order valence-corrected chi connectivity index (χ4v) is 3.94. The molecule has 5 heteroatoms. The number of alkyl halides is 1. The van der Waals surface area contributed by atoms with Gasteiger partial charge in [0.05, 0.1) is 26.4 Å². The fourth-order valence-electron chi connectivity index (χ4n) is 3.59. The minimum atomic E-state index is -0.602. The fraction of sp³-hybridized carbons (Fsp3) is 0.308. The predicted octanol–water partition coefficient (Wildman–Crippen LogP) is 5.34. The molecule has 1 aliphatic rings. The van der Waals surface area contributed by atoms with Crippen molar-refractivity contribution in [2.45, 2.75) is 43.7 Å². The summed E-state index contributed by atoms with van der Waals surface area (Å²) in [5.41, 5.74) is 2.68. The highest BCUT2D eigenvalue weighted by Gasteiger charge is 2.45. The Kier molecular flexibility index (Phi) is 8.11. The van der Waals surface area contributed by atoms with Crippen molar-refractivity contribution in [3.05, 3.63) is 108 Å². The molecule has 0 radical (unpaired) electrons. The van der Waals surface area contributed by atoms with Crippen molar-refractivity contribution in [1.29, 1.82) is 0 Å². The Balaban J connectivity index is 1.39. The third-order valence-electron chi connectivity index (χ3n) is 5.22. The SMILES string of the molecule is Cl[C@H]1O[C@H](COCc2ccccc2)[C@H](OCc2ccccc2)[C@@H]1OCc1ccccc1. The molecule has 162 valence electrons. The van der Waals surface area contributed by atoms with Crippen LogP contribution in [0.4, 0.5) is 0 Å². The van der Waals surface area contributed by atoms with Gasteiger partial charge < -0.3 is 18.9 Å². The van der Waals surface area contributed by atoms with Crippen molar-refractivity contribution in [1.82, 2.24) is 0 Å². The van der Waals surface area contributed by atoms with E-state index in [0.717, 1.165) is 16.7 Å². The van der Waals surface area contributed by atoms with E-state index in [2.05, 4.69) is 0 Å². The van der Waals surface area contributed by atoms with Crippen molar-refractivity contribution < 1.29 is 18.9 Å². The highest BCUT2D eigenvalue weighted by atomic mass is 35.5. The Hall–Kier alpha value is -2.21. The van der Waals surface area contributed by atoms with E-state index in [1.165, 1.54) is 0 Å². The van der Waals surface area contributed by atoms with E-state index in [0.29, 0.717) is 26.4 Å². The van der Waals surface area contributed by atoms with Gasteiger partial charge in [-0.3, -0.25) is 0 Å². The lowest BCUT2D eigenvalue weighted by atomic mass is 10.1. The predicted molar refractivity (Wildman–Crippen MR) is 121 cm³/mol. The lowest BCUT2D eigenvalue weighted by Crippen LogP contribution is -2.38. The molecule has 4 rings (SSSR count). The molecule has 4 atom stereocenters. The van der Waals surface area contributed by atoms with E-state index in [1.807, 2.05) is 91.0 Å². The Morgan fingerprint density at radius 2 is 1.06 bits per heavy atom. The lowest BCUT2D eigenvalue weighted by Gasteiger charge is -2.24. The van der Waals surface area contributed by atoms with E-state index in [-0.39, 0.29) is 12.2 Å². The first-order valence-corrected chi connectivity index (χ1v) is 11.0. The molecule has 3 aromatic rings. The molecule has 1 aliphatic heterocycles. The van der Waals surface area contributed by atoms with Crippen LogP contribution in [-0.2, 0) is 38.8 Å². The van der Waals surface area contributed by atoms with Gasteiger partial charge in [0.2, 0.25) is 0 Å². The number of hydrogen-bond donors (Lipinski definition) is 0. The van der Waals surface area contributed by atoms with Crippen LogP contribution in [0, 0.1) is 0 Å². The van der Waals surface area contributed by atoms with Crippen LogP contribution in [-0.4, -0.2) is 30.5 Å². The van der Waals surface area contributed by atoms with Crippen molar-refractivity contribution in [3.8, 4) is 0 Å². The zero-order valence-corrected chi connectivity index (χ0v) is 18.1. The molecule has 1 saturated heterocycles. The monoisotopic (exact) mass is 438 g/mol. The minimum Gasteiger partial charge on any atom is -0.374 e. The average molecular weight is 439 g/mol. The Morgan fingerprint density at radius 1 is 0.613 bits per heavy atom. The smallest absolute Gasteiger partial charge is 0.160 e. The molecule has 0 aromatic heterocycles. The minimum absolute atomic E-state index is 0.310. The Morgan fingerprint density at radius 3 is 1.58 bits per heavy atom.